The van der Waals surface area contributed by atoms with Crippen LogP contribution in [0.2, 0.25) is 0 Å². The van der Waals surface area contributed by atoms with Gasteiger partial charge in [0.05, 0.1) is 11.7 Å². The second-order valence-corrected chi connectivity index (χ2v) is 5.81. The van der Waals surface area contributed by atoms with Gasteiger partial charge in [0, 0.05) is 23.9 Å². The number of anilines is 1. The molecule has 0 aliphatic carbocycles. The molecule has 1 unspecified atom stereocenters. The topological polar surface area (TPSA) is 84.9 Å². The molecule has 1 fully saturated rings. The van der Waals surface area contributed by atoms with Crippen molar-refractivity contribution in [2.75, 3.05) is 18.5 Å². The standard InChI is InChI=1S/C19H19NO5/c21-18(13-6-8-14(9-7-13)19(22)23)20-15-3-1-4-16(11-15)25-12-17-5-2-10-24-17/h1,3-4,6-9,11,17H,2,5,10,12H2,(H,20,21)(H,22,23). The SMILES string of the molecule is O=C(O)c1ccc(C(=O)Nc2cccc(OCC3CCCO3)c2)cc1. The van der Waals surface area contributed by atoms with Gasteiger partial charge >= 0.3 is 5.97 Å². The summed E-state index contributed by atoms with van der Waals surface area (Å²) >= 11 is 0. The third-order valence-electron chi connectivity index (χ3n) is 3.95. The third kappa shape index (κ3) is 4.58. The summed E-state index contributed by atoms with van der Waals surface area (Å²) < 4.78 is 11.2. The van der Waals surface area contributed by atoms with Gasteiger partial charge in [0.15, 0.2) is 0 Å². The molecule has 1 atom stereocenters. The van der Waals surface area contributed by atoms with Gasteiger partial charge in [0.1, 0.15) is 12.4 Å². The van der Waals surface area contributed by atoms with Crippen LogP contribution in [0.5, 0.6) is 5.75 Å². The highest BCUT2D eigenvalue weighted by Crippen LogP contribution is 2.20. The lowest BCUT2D eigenvalue weighted by atomic mass is 10.1. The van der Waals surface area contributed by atoms with E-state index in [2.05, 4.69) is 5.32 Å². The molecule has 1 saturated heterocycles. The molecule has 3 rings (SSSR count). The summed E-state index contributed by atoms with van der Waals surface area (Å²) in [6.07, 6.45) is 2.19. The lowest BCUT2D eigenvalue weighted by Crippen LogP contribution is -2.16. The summed E-state index contributed by atoms with van der Waals surface area (Å²) in [4.78, 5) is 23.1. The molecule has 0 bridgehead atoms. The maximum atomic E-state index is 12.3. The summed E-state index contributed by atoms with van der Waals surface area (Å²) in [5.41, 5.74) is 1.13. The highest BCUT2D eigenvalue weighted by molar-refractivity contribution is 6.04. The molecule has 2 N–H and O–H groups in total. The van der Waals surface area contributed by atoms with Crippen LogP contribution in [0.1, 0.15) is 33.6 Å². The van der Waals surface area contributed by atoms with Crippen molar-refractivity contribution in [2.24, 2.45) is 0 Å². The van der Waals surface area contributed by atoms with Gasteiger partial charge in [0.2, 0.25) is 0 Å². The number of carboxylic acid groups (broad SMARTS) is 1. The van der Waals surface area contributed by atoms with Crippen molar-refractivity contribution in [2.45, 2.75) is 18.9 Å². The van der Waals surface area contributed by atoms with Crippen LogP contribution >= 0.6 is 0 Å². The molecule has 0 aromatic heterocycles. The van der Waals surface area contributed by atoms with Gasteiger partial charge in [-0.2, -0.15) is 0 Å². The summed E-state index contributed by atoms with van der Waals surface area (Å²) in [6.45, 7) is 1.28. The number of carbonyl (C=O) groups is 2. The van der Waals surface area contributed by atoms with E-state index in [-0.39, 0.29) is 17.6 Å². The van der Waals surface area contributed by atoms with E-state index in [1.54, 1.807) is 18.2 Å². The Balaban J connectivity index is 1.60. The number of carbonyl (C=O) groups excluding carboxylic acids is 1. The van der Waals surface area contributed by atoms with Crippen molar-refractivity contribution < 1.29 is 24.2 Å². The number of carboxylic acids is 1. The van der Waals surface area contributed by atoms with Crippen LogP contribution in [0.25, 0.3) is 0 Å². The quantitative estimate of drug-likeness (QED) is 0.843. The van der Waals surface area contributed by atoms with E-state index in [1.807, 2.05) is 6.07 Å². The molecular weight excluding hydrogens is 322 g/mol. The average Bonchev–Trinajstić information content (AvgIpc) is 3.14. The first-order chi connectivity index (χ1) is 12.1. The molecule has 1 aliphatic heterocycles. The predicted molar refractivity (Wildman–Crippen MR) is 92.3 cm³/mol. The fraction of sp³-hybridized carbons (Fsp3) is 0.263. The molecule has 2 aromatic rings. The smallest absolute Gasteiger partial charge is 0.335 e. The van der Waals surface area contributed by atoms with Gasteiger partial charge < -0.3 is 19.9 Å². The molecule has 0 spiro atoms. The van der Waals surface area contributed by atoms with Gasteiger partial charge in [-0.1, -0.05) is 6.07 Å². The van der Waals surface area contributed by atoms with E-state index in [4.69, 9.17) is 14.6 Å². The Bertz CT molecular complexity index is 751. The van der Waals surface area contributed by atoms with Gasteiger partial charge in [-0.3, -0.25) is 4.79 Å². The van der Waals surface area contributed by atoms with Gasteiger partial charge in [-0.25, -0.2) is 4.79 Å². The van der Waals surface area contributed by atoms with Gasteiger partial charge in [-0.15, -0.1) is 0 Å². The number of aromatic carboxylic acids is 1. The van der Waals surface area contributed by atoms with Crippen molar-refractivity contribution >= 4 is 17.6 Å². The van der Waals surface area contributed by atoms with Crippen molar-refractivity contribution in [3.05, 3.63) is 59.7 Å². The van der Waals surface area contributed by atoms with Crippen LogP contribution in [-0.4, -0.2) is 36.3 Å². The highest BCUT2D eigenvalue weighted by atomic mass is 16.5. The maximum absolute atomic E-state index is 12.3. The number of benzene rings is 2. The van der Waals surface area contributed by atoms with Crippen LogP contribution in [0.3, 0.4) is 0 Å². The molecule has 1 aliphatic rings. The molecule has 25 heavy (non-hydrogen) atoms. The minimum Gasteiger partial charge on any atom is -0.491 e. The largest absolute Gasteiger partial charge is 0.491 e. The lowest BCUT2D eigenvalue weighted by molar-refractivity contribution is 0.0679. The van der Waals surface area contributed by atoms with E-state index >= 15 is 0 Å². The fourth-order valence-electron chi connectivity index (χ4n) is 2.60. The molecule has 0 radical (unpaired) electrons. The number of ether oxygens (including phenoxy) is 2. The summed E-state index contributed by atoms with van der Waals surface area (Å²) in [6, 6.07) is 12.9. The van der Waals surface area contributed by atoms with Crippen molar-refractivity contribution in [1.82, 2.24) is 0 Å². The van der Waals surface area contributed by atoms with Crippen LogP contribution in [0.4, 0.5) is 5.69 Å². The third-order valence-corrected chi connectivity index (χ3v) is 3.95. The van der Waals surface area contributed by atoms with Gasteiger partial charge in [-0.05, 0) is 49.2 Å². The zero-order valence-corrected chi connectivity index (χ0v) is 13.6. The molecule has 6 nitrogen and oxygen atoms in total. The Morgan fingerprint density at radius 1 is 1.16 bits per heavy atom. The average molecular weight is 341 g/mol. The Morgan fingerprint density at radius 3 is 2.60 bits per heavy atom. The molecule has 6 heteroatoms. The van der Waals surface area contributed by atoms with Crippen molar-refractivity contribution in [3.8, 4) is 5.75 Å². The van der Waals surface area contributed by atoms with E-state index < -0.39 is 5.97 Å². The minimum atomic E-state index is -1.02. The van der Waals surface area contributed by atoms with E-state index in [0.717, 1.165) is 19.4 Å². The van der Waals surface area contributed by atoms with Crippen LogP contribution in [0, 0.1) is 0 Å². The number of hydrogen-bond acceptors (Lipinski definition) is 4. The van der Waals surface area contributed by atoms with E-state index in [9.17, 15) is 9.59 Å². The summed E-state index contributed by atoms with van der Waals surface area (Å²) in [5.74, 6) is -0.675. The number of hydrogen-bond donors (Lipinski definition) is 2. The normalized spacial score (nSPS) is 16.4. The Kier molecular flexibility index (Phi) is 5.30. The van der Waals surface area contributed by atoms with E-state index in [1.165, 1.54) is 24.3 Å². The fourth-order valence-corrected chi connectivity index (χ4v) is 2.60. The lowest BCUT2D eigenvalue weighted by Gasteiger charge is -2.12. The molecule has 130 valence electrons. The Hall–Kier alpha value is -2.86. The first-order valence-electron chi connectivity index (χ1n) is 8.11. The molecule has 0 saturated carbocycles. The molecular formula is C19H19NO5. The first kappa shape index (κ1) is 17.0. The Labute approximate surface area is 145 Å². The second kappa shape index (κ2) is 7.81. The number of rotatable bonds is 6. The van der Waals surface area contributed by atoms with Crippen molar-refractivity contribution in [3.63, 3.8) is 0 Å². The zero-order valence-electron chi connectivity index (χ0n) is 13.6. The zero-order chi connectivity index (χ0) is 17.6. The van der Waals surface area contributed by atoms with Crippen LogP contribution < -0.4 is 10.1 Å². The molecule has 1 heterocycles. The van der Waals surface area contributed by atoms with Gasteiger partial charge in [0.25, 0.3) is 5.91 Å². The first-order valence-corrected chi connectivity index (χ1v) is 8.11. The second-order valence-electron chi connectivity index (χ2n) is 5.81. The summed E-state index contributed by atoms with van der Waals surface area (Å²) in [5, 5.41) is 11.7. The van der Waals surface area contributed by atoms with Crippen LogP contribution in [-0.2, 0) is 4.74 Å². The van der Waals surface area contributed by atoms with E-state index in [0.29, 0.717) is 23.6 Å². The maximum Gasteiger partial charge on any atom is 0.335 e. The van der Waals surface area contributed by atoms with Crippen LogP contribution in [0.15, 0.2) is 48.5 Å². The minimum absolute atomic E-state index is 0.131. The monoisotopic (exact) mass is 341 g/mol. The number of nitrogens with one attached hydrogen (secondary N) is 1. The Morgan fingerprint density at radius 2 is 1.92 bits per heavy atom. The molecule has 2 aromatic carbocycles. The predicted octanol–water partition coefficient (Wildman–Crippen LogP) is 3.19. The molecule has 1 amide bonds. The van der Waals surface area contributed by atoms with Crippen molar-refractivity contribution in [1.29, 1.82) is 0 Å². The summed E-state index contributed by atoms with van der Waals surface area (Å²) in [7, 11) is 0. The highest BCUT2D eigenvalue weighted by Gasteiger charge is 2.16. The number of amides is 1.